The molecular weight excluding hydrogens is 305 g/mol. The van der Waals surface area contributed by atoms with E-state index in [1.165, 1.54) is 0 Å². The van der Waals surface area contributed by atoms with Crippen molar-refractivity contribution in [3.05, 3.63) is 5.01 Å². The number of piperazine rings is 1. The summed E-state index contributed by atoms with van der Waals surface area (Å²) in [7, 11) is 0. The summed E-state index contributed by atoms with van der Waals surface area (Å²) < 4.78 is 37.5. The van der Waals surface area contributed by atoms with Crippen LogP contribution in [-0.4, -0.2) is 53.6 Å². The molecule has 0 N–H and O–H groups in total. The third kappa shape index (κ3) is 4.37. The zero-order valence-corrected chi connectivity index (χ0v) is 12.5. The molecule has 0 spiro atoms. The molecule has 0 atom stereocenters. The van der Waals surface area contributed by atoms with Crippen LogP contribution < -0.4 is 4.90 Å². The molecule has 5 nitrogen and oxygen atoms in total. The Kier molecular flexibility index (Phi) is 5.15. The first kappa shape index (κ1) is 16.2. The number of carbonyl (C=O) groups excluding carboxylic acids is 1. The highest BCUT2D eigenvalue weighted by Gasteiger charge is 2.36. The minimum atomic E-state index is -4.43. The topological polar surface area (TPSA) is 49.3 Å². The lowest BCUT2D eigenvalue weighted by Crippen LogP contribution is -2.46. The number of halogens is 3. The summed E-state index contributed by atoms with van der Waals surface area (Å²) in [6, 6.07) is 0. The number of Topliss-reactive ketones (excluding diaryl/α,β-unsaturated/α-hetero) is 1. The van der Waals surface area contributed by atoms with E-state index in [2.05, 4.69) is 15.1 Å². The summed E-state index contributed by atoms with van der Waals surface area (Å²) >= 11 is 0.576. The average molecular weight is 322 g/mol. The van der Waals surface area contributed by atoms with Gasteiger partial charge in [0.05, 0.1) is 0 Å². The van der Waals surface area contributed by atoms with Crippen LogP contribution in [0.5, 0.6) is 0 Å². The van der Waals surface area contributed by atoms with Gasteiger partial charge < -0.3 is 4.90 Å². The molecule has 0 radical (unpaired) electrons. The van der Waals surface area contributed by atoms with Crippen molar-refractivity contribution in [3.63, 3.8) is 0 Å². The van der Waals surface area contributed by atoms with E-state index in [1.54, 1.807) is 0 Å². The van der Waals surface area contributed by atoms with Crippen LogP contribution in [-0.2, 0) is 11.0 Å². The summed E-state index contributed by atoms with van der Waals surface area (Å²) in [5, 5.41) is 6.22. The molecule has 1 saturated heterocycles. The van der Waals surface area contributed by atoms with Crippen molar-refractivity contribution < 1.29 is 18.0 Å². The summed E-state index contributed by atoms with van der Waals surface area (Å²) in [6.45, 7) is 5.20. The van der Waals surface area contributed by atoms with Crippen LogP contribution in [0.3, 0.4) is 0 Å². The fourth-order valence-corrected chi connectivity index (χ4v) is 2.84. The third-order valence-electron chi connectivity index (χ3n) is 3.40. The summed E-state index contributed by atoms with van der Waals surface area (Å²) in [5.41, 5.74) is 0. The van der Waals surface area contributed by atoms with Crippen LogP contribution in [0.4, 0.5) is 18.3 Å². The number of carbonyl (C=O) groups is 1. The van der Waals surface area contributed by atoms with Crippen molar-refractivity contribution in [2.45, 2.75) is 25.9 Å². The van der Waals surface area contributed by atoms with Gasteiger partial charge in [-0.15, -0.1) is 10.2 Å². The maximum absolute atomic E-state index is 12.5. The number of rotatable bonds is 5. The van der Waals surface area contributed by atoms with E-state index >= 15 is 0 Å². The lowest BCUT2D eigenvalue weighted by molar-refractivity contribution is -0.138. The zero-order chi connectivity index (χ0) is 15.5. The van der Waals surface area contributed by atoms with Gasteiger partial charge in [0.15, 0.2) is 0 Å². The van der Waals surface area contributed by atoms with Gasteiger partial charge in [-0.25, -0.2) is 0 Å². The van der Waals surface area contributed by atoms with Gasteiger partial charge in [-0.05, 0) is 0 Å². The van der Waals surface area contributed by atoms with Crippen molar-refractivity contribution in [2.75, 3.05) is 37.6 Å². The molecule has 9 heteroatoms. The van der Waals surface area contributed by atoms with Gasteiger partial charge in [0.2, 0.25) is 10.1 Å². The summed E-state index contributed by atoms with van der Waals surface area (Å²) in [5.74, 6) is 0.233. The molecule has 0 aromatic carbocycles. The van der Waals surface area contributed by atoms with Crippen LogP contribution in [0, 0.1) is 0 Å². The predicted molar refractivity (Wildman–Crippen MR) is 73.5 cm³/mol. The SMILES string of the molecule is CCC(=O)CCN1CCN(c2nnc(C(F)(F)F)s2)CC1. The molecule has 0 unspecified atom stereocenters. The van der Waals surface area contributed by atoms with E-state index in [4.69, 9.17) is 0 Å². The van der Waals surface area contributed by atoms with E-state index in [0.717, 1.165) is 13.1 Å². The van der Waals surface area contributed by atoms with Crippen molar-refractivity contribution in [1.29, 1.82) is 0 Å². The molecular formula is C12H17F3N4OS. The summed E-state index contributed by atoms with van der Waals surface area (Å²) in [6.07, 6.45) is -3.35. The monoisotopic (exact) mass is 322 g/mol. The first-order valence-corrected chi connectivity index (χ1v) is 7.61. The van der Waals surface area contributed by atoms with E-state index in [-0.39, 0.29) is 5.78 Å². The van der Waals surface area contributed by atoms with Gasteiger partial charge >= 0.3 is 6.18 Å². The fourth-order valence-electron chi connectivity index (χ4n) is 2.08. The third-order valence-corrected chi connectivity index (χ3v) is 4.43. The van der Waals surface area contributed by atoms with Crippen LogP contribution in [0.15, 0.2) is 0 Å². The maximum Gasteiger partial charge on any atom is 0.445 e. The Morgan fingerprint density at radius 3 is 2.43 bits per heavy atom. The fraction of sp³-hybridized carbons (Fsp3) is 0.750. The largest absolute Gasteiger partial charge is 0.445 e. The number of hydrogen-bond acceptors (Lipinski definition) is 6. The number of alkyl halides is 3. The first-order chi connectivity index (χ1) is 9.90. The Labute approximate surface area is 124 Å². The van der Waals surface area contributed by atoms with Gasteiger partial charge in [0.25, 0.3) is 0 Å². The van der Waals surface area contributed by atoms with Crippen molar-refractivity contribution in [3.8, 4) is 0 Å². The Hall–Kier alpha value is -1.22. The van der Waals surface area contributed by atoms with Gasteiger partial charge in [0, 0.05) is 45.6 Å². The molecule has 0 saturated carbocycles. The second-order valence-corrected chi connectivity index (χ2v) is 5.81. The Bertz CT molecular complexity index is 483. The zero-order valence-electron chi connectivity index (χ0n) is 11.7. The molecule has 118 valence electrons. The lowest BCUT2D eigenvalue weighted by atomic mass is 10.2. The number of nitrogens with zero attached hydrogens (tertiary/aromatic N) is 4. The molecule has 1 aromatic rings. The van der Waals surface area contributed by atoms with Gasteiger partial charge in [0.1, 0.15) is 5.78 Å². The van der Waals surface area contributed by atoms with Crippen LogP contribution in [0.1, 0.15) is 24.8 Å². The number of aromatic nitrogens is 2. The normalized spacial score (nSPS) is 17.2. The molecule has 0 amide bonds. The number of anilines is 1. The highest BCUT2D eigenvalue weighted by atomic mass is 32.1. The van der Waals surface area contributed by atoms with E-state index in [0.29, 0.717) is 48.9 Å². The van der Waals surface area contributed by atoms with Gasteiger partial charge in [-0.2, -0.15) is 13.2 Å². The minimum Gasteiger partial charge on any atom is -0.344 e. The summed E-state index contributed by atoms with van der Waals surface area (Å²) in [4.78, 5) is 15.2. The Morgan fingerprint density at radius 2 is 1.90 bits per heavy atom. The minimum absolute atomic E-state index is 0.233. The Balaban J connectivity index is 1.84. The Morgan fingerprint density at radius 1 is 1.24 bits per heavy atom. The van der Waals surface area contributed by atoms with E-state index in [9.17, 15) is 18.0 Å². The molecule has 2 rings (SSSR count). The second kappa shape index (κ2) is 6.69. The van der Waals surface area contributed by atoms with E-state index < -0.39 is 11.2 Å². The van der Waals surface area contributed by atoms with Crippen LogP contribution >= 0.6 is 11.3 Å². The highest BCUT2D eigenvalue weighted by Crippen LogP contribution is 2.34. The first-order valence-electron chi connectivity index (χ1n) is 6.80. The van der Waals surface area contributed by atoms with Crippen LogP contribution in [0.25, 0.3) is 0 Å². The average Bonchev–Trinajstić information content (AvgIpc) is 2.95. The molecule has 2 heterocycles. The molecule has 1 fully saturated rings. The smallest absolute Gasteiger partial charge is 0.344 e. The molecule has 0 aliphatic carbocycles. The predicted octanol–water partition coefficient (Wildman–Crippen LogP) is 2.05. The van der Waals surface area contributed by atoms with Crippen molar-refractivity contribution in [2.24, 2.45) is 0 Å². The van der Waals surface area contributed by atoms with Crippen LogP contribution in [0.2, 0.25) is 0 Å². The number of hydrogen-bond donors (Lipinski definition) is 0. The maximum atomic E-state index is 12.5. The highest BCUT2D eigenvalue weighted by molar-refractivity contribution is 7.15. The molecule has 1 aromatic heterocycles. The molecule has 0 bridgehead atoms. The molecule has 1 aliphatic heterocycles. The second-order valence-electron chi connectivity index (χ2n) is 4.86. The molecule has 1 aliphatic rings. The quantitative estimate of drug-likeness (QED) is 0.830. The van der Waals surface area contributed by atoms with Crippen molar-refractivity contribution >= 4 is 22.3 Å². The molecule has 21 heavy (non-hydrogen) atoms. The lowest BCUT2D eigenvalue weighted by Gasteiger charge is -2.34. The van der Waals surface area contributed by atoms with Gasteiger partial charge in [-0.3, -0.25) is 9.69 Å². The van der Waals surface area contributed by atoms with Crippen molar-refractivity contribution in [1.82, 2.24) is 15.1 Å². The van der Waals surface area contributed by atoms with Gasteiger partial charge in [-0.1, -0.05) is 18.3 Å². The van der Waals surface area contributed by atoms with E-state index in [1.807, 2.05) is 11.8 Å². The number of ketones is 1. The standard InChI is InChI=1S/C12H17F3N4OS/c1-2-9(20)3-4-18-5-7-19(8-6-18)11-17-16-10(21-11)12(13,14)15/h2-8H2,1H3.